The van der Waals surface area contributed by atoms with Crippen LogP contribution in [-0.2, 0) is 38.2 Å². The Kier molecular flexibility index (Phi) is 22.2. The zero-order chi connectivity index (χ0) is 47.9. The van der Waals surface area contributed by atoms with Gasteiger partial charge in [-0.2, -0.15) is 0 Å². The highest BCUT2D eigenvalue weighted by Crippen LogP contribution is 2.37. The zero-order valence-electron chi connectivity index (χ0n) is 39.8. The van der Waals surface area contributed by atoms with E-state index in [-0.39, 0.29) is 55.1 Å². The number of methoxy groups -OCH3 is 1. The lowest BCUT2D eigenvalue weighted by Gasteiger charge is -2.42. The van der Waals surface area contributed by atoms with E-state index in [1.54, 1.807) is 72.1 Å². The number of piperidine rings is 1. The molecule has 0 spiro atoms. The van der Waals surface area contributed by atoms with Crippen molar-refractivity contribution in [3.63, 3.8) is 0 Å². The van der Waals surface area contributed by atoms with E-state index < -0.39 is 83.5 Å². The number of likely N-dealkylation sites (tertiary alicyclic amines) is 1. The Hall–Kier alpha value is -3.59. The summed E-state index contributed by atoms with van der Waals surface area (Å²) in [5.41, 5.74) is 0.906. The summed E-state index contributed by atoms with van der Waals surface area (Å²) in [6.07, 6.45) is 11.3. The number of rotatable bonds is 24. The van der Waals surface area contributed by atoms with Gasteiger partial charge in [0.15, 0.2) is 5.78 Å². The molecule has 3 rings (SSSR count). The number of esters is 1. The largest absolute Gasteiger partial charge is 0.460 e. The molecule has 13 nitrogen and oxygen atoms in total. The monoisotopic (exact) mass is 898 g/mol. The number of nitrogens with zero attached hydrogens (tertiary/aromatic N) is 1. The number of carbonyl (C=O) groups excluding carboxylic acids is 5. The molecule has 2 saturated heterocycles. The Bertz CT molecular complexity index is 1690. The van der Waals surface area contributed by atoms with Crippen molar-refractivity contribution >= 4 is 29.2 Å². The molecule has 1 saturated carbocycles. The summed E-state index contributed by atoms with van der Waals surface area (Å²) in [5.74, 6) is -8.20. The summed E-state index contributed by atoms with van der Waals surface area (Å²) >= 11 is 0. The van der Waals surface area contributed by atoms with E-state index in [9.17, 15) is 44.4 Å². The Morgan fingerprint density at radius 2 is 1.55 bits per heavy atom. The molecule has 0 radical (unpaired) electrons. The molecule has 0 bridgehead atoms. The molecule has 360 valence electrons. The van der Waals surface area contributed by atoms with Crippen molar-refractivity contribution in [2.45, 2.75) is 180 Å². The quantitative estimate of drug-likeness (QED) is 0.0347. The molecule has 0 aromatic heterocycles. The second-order valence-corrected chi connectivity index (χ2v) is 19.1. The predicted molar refractivity (Wildman–Crippen MR) is 245 cm³/mol. The van der Waals surface area contributed by atoms with Crippen LogP contribution in [0.4, 0.5) is 0 Å². The number of carbonyl (C=O) groups is 5. The summed E-state index contributed by atoms with van der Waals surface area (Å²) in [6, 6.07) is -1.14. The molecular weight excluding hydrogens is 819 g/mol. The smallest absolute Gasteiger partial charge is 0.329 e. The van der Waals surface area contributed by atoms with Crippen LogP contribution >= 0.6 is 0 Å². The van der Waals surface area contributed by atoms with Crippen LogP contribution in [0.2, 0.25) is 0 Å². The minimum atomic E-state index is -2.47. The Balaban J connectivity index is 1.81. The average molecular weight is 898 g/mol. The van der Waals surface area contributed by atoms with Crippen LogP contribution in [0.3, 0.4) is 0 Å². The third kappa shape index (κ3) is 15.2. The van der Waals surface area contributed by atoms with Gasteiger partial charge in [0.25, 0.3) is 11.7 Å². The SMILES string of the molecule is C=C/C=C/C=C(\C)[C@@H](O)C[C@@H]1CC[C@@H](C)[C@](O)(C(=O)C(=O)N2CCCC[C@H]2C(=O)O[C@@H](CC(=O)[C@H](C)/C=C(\C)[C@@H](O)[C@@H](O)C(=O)[C@H](C)C[C@@H](C)C=C)[C@H](C)C[C@H]2CC[C@H](OC)CC2)O1. The lowest BCUT2D eigenvalue weighted by atomic mass is 9.79. The van der Waals surface area contributed by atoms with Gasteiger partial charge in [0, 0.05) is 44.2 Å². The van der Waals surface area contributed by atoms with E-state index in [4.69, 9.17) is 14.2 Å². The molecule has 0 aromatic carbocycles. The number of ether oxygens (including phenoxy) is 3. The fourth-order valence-corrected chi connectivity index (χ4v) is 9.34. The van der Waals surface area contributed by atoms with Crippen LogP contribution in [0.1, 0.15) is 132 Å². The van der Waals surface area contributed by atoms with Crippen molar-refractivity contribution in [2.75, 3.05) is 13.7 Å². The number of aliphatic hydroxyl groups excluding tert-OH is 3. The van der Waals surface area contributed by atoms with Gasteiger partial charge in [-0.15, -0.1) is 6.58 Å². The maximum Gasteiger partial charge on any atom is 0.329 e. The van der Waals surface area contributed by atoms with E-state index in [0.717, 1.165) is 30.6 Å². The highest BCUT2D eigenvalue weighted by Gasteiger charge is 2.53. The van der Waals surface area contributed by atoms with Crippen LogP contribution in [0.5, 0.6) is 0 Å². The van der Waals surface area contributed by atoms with Gasteiger partial charge in [-0.05, 0) is 113 Å². The second kappa shape index (κ2) is 25.9. The second-order valence-electron chi connectivity index (χ2n) is 19.1. The first-order valence-corrected chi connectivity index (χ1v) is 23.5. The van der Waals surface area contributed by atoms with E-state index in [1.807, 2.05) is 13.8 Å². The summed E-state index contributed by atoms with van der Waals surface area (Å²) in [5, 5.41) is 44.3. The highest BCUT2D eigenvalue weighted by atomic mass is 16.6. The number of allylic oxidation sites excluding steroid dienone is 6. The maximum atomic E-state index is 14.3. The van der Waals surface area contributed by atoms with Crippen LogP contribution in [0.25, 0.3) is 0 Å². The van der Waals surface area contributed by atoms with E-state index in [2.05, 4.69) is 13.2 Å². The van der Waals surface area contributed by atoms with Crippen molar-refractivity contribution in [3.8, 4) is 0 Å². The number of Topliss-reactive ketones (excluding diaryl/α,β-unsaturated/α-hetero) is 3. The molecule has 0 unspecified atom stereocenters. The van der Waals surface area contributed by atoms with Crippen LogP contribution in [0, 0.1) is 35.5 Å². The van der Waals surface area contributed by atoms with E-state index >= 15 is 0 Å². The van der Waals surface area contributed by atoms with E-state index in [1.165, 1.54) is 6.08 Å². The molecule has 13 heteroatoms. The lowest BCUT2D eigenvalue weighted by Crippen LogP contribution is -2.61. The Morgan fingerprint density at radius 1 is 0.875 bits per heavy atom. The molecule has 2 heterocycles. The van der Waals surface area contributed by atoms with Gasteiger partial charge in [-0.1, -0.05) is 77.7 Å². The van der Waals surface area contributed by atoms with Crippen molar-refractivity contribution in [1.82, 2.24) is 4.90 Å². The van der Waals surface area contributed by atoms with Gasteiger partial charge in [0.2, 0.25) is 5.79 Å². The molecule has 4 N–H and O–H groups in total. The lowest BCUT2D eigenvalue weighted by molar-refractivity contribution is -0.265. The molecular formula is C51H79NO12. The third-order valence-electron chi connectivity index (χ3n) is 13.9. The number of aliphatic hydroxyl groups is 4. The van der Waals surface area contributed by atoms with Gasteiger partial charge in [-0.25, -0.2) is 4.79 Å². The van der Waals surface area contributed by atoms with Crippen molar-refractivity contribution in [2.24, 2.45) is 35.5 Å². The fraction of sp³-hybridized carbons (Fsp3) is 0.706. The fourth-order valence-electron chi connectivity index (χ4n) is 9.34. The minimum absolute atomic E-state index is 0.0439. The molecule has 3 fully saturated rings. The average Bonchev–Trinajstić information content (AvgIpc) is 3.28. The molecule has 0 aromatic rings. The number of hydrogen-bond donors (Lipinski definition) is 4. The minimum Gasteiger partial charge on any atom is -0.460 e. The van der Waals surface area contributed by atoms with Gasteiger partial charge < -0.3 is 39.5 Å². The number of ketones is 3. The normalized spacial score (nSPS) is 28.5. The van der Waals surface area contributed by atoms with Gasteiger partial charge in [0.05, 0.1) is 18.3 Å². The third-order valence-corrected chi connectivity index (χ3v) is 13.9. The molecule has 2 aliphatic heterocycles. The molecule has 3 aliphatic rings. The topological polar surface area (TPSA) is 197 Å². The standard InChI is InChI=1S/C51H79NO12/c1-11-13-14-17-32(4)42(53)29-40-22-19-37(9)51(61,64-40)48(58)49(59)52-25-16-15-18-41(52)50(60)63-44(34(6)28-38-20-23-39(62-10)24-21-38)30-43(54)33(5)27-36(8)46(56)47(57)45(55)35(7)26-31(3)12-2/h11-14,17,27,31,33-35,37-42,44,46-47,53,56-57,61H,1-2,15-16,18-26,28-30H2,3-10H3/b14-13+,32-17+,36-27+/t31-,33+,34+,35+,37+,38-,39-,40-,41-,42-,44-,46+,47-,51+/m0/s1. The first-order chi connectivity index (χ1) is 30.2. The maximum absolute atomic E-state index is 14.3. The summed E-state index contributed by atoms with van der Waals surface area (Å²) in [7, 11) is 1.71. The number of amides is 1. The van der Waals surface area contributed by atoms with Crippen molar-refractivity contribution < 1.29 is 58.6 Å². The summed E-state index contributed by atoms with van der Waals surface area (Å²) in [6.45, 7) is 19.6. The number of hydrogen-bond acceptors (Lipinski definition) is 12. The predicted octanol–water partition coefficient (Wildman–Crippen LogP) is 6.70. The van der Waals surface area contributed by atoms with Crippen molar-refractivity contribution in [1.29, 1.82) is 0 Å². The molecule has 1 amide bonds. The first kappa shape index (κ1) is 54.7. The summed E-state index contributed by atoms with van der Waals surface area (Å²) in [4.78, 5) is 70.5. The van der Waals surface area contributed by atoms with Crippen molar-refractivity contribution in [3.05, 3.63) is 60.8 Å². The summed E-state index contributed by atoms with van der Waals surface area (Å²) < 4.78 is 17.8. The van der Waals surface area contributed by atoms with E-state index in [0.29, 0.717) is 50.0 Å². The van der Waals surface area contributed by atoms with Crippen LogP contribution in [0.15, 0.2) is 60.8 Å². The van der Waals surface area contributed by atoms with Gasteiger partial charge in [-0.3, -0.25) is 19.2 Å². The Morgan fingerprint density at radius 3 is 2.17 bits per heavy atom. The zero-order valence-corrected chi connectivity index (χ0v) is 39.8. The van der Waals surface area contributed by atoms with Crippen LogP contribution in [-0.4, -0.2) is 117 Å². The highest BCUT2D eigenvalue weighted by molar-refractivity contribution is 6.39. The van der Waals surface area contributed by atoms with Gasteiger partial charge in [0.1, 0.15) is 30.1 Å². The molecule has 1 aliphatic carbocycles. The molecule has 12 atom stereocenters. The van der Waals surface area contributed by atoms with Crippen LogP contribution < -0.4 is 0 Å². The Labute approximate surface area is 382 Å². The van der Waals surface area contributed by atoms with Gasteiger partial charge >= 0.3 is 5.97 Å². The first-order valence-electron chi connectivity index (χ1n) is 23.5. The molecule has 64 heavy (non-hydrogen) atoms.